The molecule has 9 heteroatoms. The molecule has 0 bridgehead atoms. The summed E-state index contributed by atoms with van der Waals surface area (Å²) in [5.41, 5.74) is -3.05. The van der Waals surface area contributed by atoms with Crippen LogP contribution in [0.15, 0.2) is 24.3 Å². The molecule has 0 saturated heterocycles. The van der Waals surface area contributed by atoms with E-state index in [1.54, 1.807) is 5.32 Å². The summed E-state index contributed by atoms with van der Waals surface area (Å²) in [4.78, 5) is 9.59. The number of anilines is 2. The summed E-state index contributed by atoms with van der Waals surface area (Å²) >= 11 is 0. The zero-order valence-electron chi connectivity index (χ0n) is 9.96. The van der Waals surface area contributed by atoms with Crippen molar-refractivity contribution in [2.45, 2.75) is 0 Å². The van der Waals surface area contributed by atoms with E-state index in [2.05, 4.69) is 0 Å². The van der Waals surface area contributed by atoms with Crippen molar-refractivity contribution in [3.05, 3.63) is 63.5 Å². The van der Waals surface area contributed by atoms with E-state index in [9.17, 15) is 32.1 Å². The van der Waals surface area contributed by atoms with E-state index in [1.165, 1.54) is 0 Å². The lowest BCUT2D eigenvalue weighted by atomic mass is 10.2. The Morgan fingerprint density at radius 1 is 0.952 bits per heavy atom. The fraction of sp³-hybridized carbons (Fsp3) is 0. The van der Waals surface area contributed by atoms with Crippen LogP contribution in [-0.4, -0.2) is 4.92 Å². The number of rotatable bonds is 3. The first-order chi connectivity index (χ1) is 9.82. The van der Waals surface area contributed by atoms with Crippen molar-refractivity contribution < 1.29 is 26.9 Å². The molecule has 0 heterocycles. The predicted octanol–water partition coefficient (Wildman–Crippen LogP) is 4.03. The summed E-state index contributed by atoms with van der Waals surface area (Å²) in [7, 11) is 0. The highest BCUT2D eigenvalue weighted by atomic mass is 19.2. The Morgan fingerprint density at radius 2 is 1.52 bits per heavy atom. The highest BCUT2D eigenvalue weighted by Crippen LogP contribution is 2.33. The first-order valence-electron chi connectivity index (χ1n) is 5.36. The van der Waals surface area contributed by atoms with Crippen LogP contribution in [-0.2, 0) is 0 Å². The summed E-state index contributed by atoms with van der Waals surface area (Å²) in [6.45, 7) is 0. The van der Waals surface area contributed by atoms with Crippen molar-refractivity contribution in [2.24, 2.45) is 0 Å². The zero-order chi connectivity index (χ0) is 15.7. The maximum Gasteiger partial charge on any atom is 0.327 e. The smallest absolute Gasteiger partial charge is 0.327 e. The minimum atomic E-state index is -1.78. The Kier molecular flexibility index (Phi) is 3.74. The SMILES string of the molecule is O=[N+]([O-])c1c(F)cccc1Nc1c(F)c(F)cc(F)c1F. The average Bonchev–Trinajstić information content (AvgIpc) is 2.41. The topological polar surface area (TPSA) is 55.2 Å². The number of hydrogen-bond acceptors (Lipinski definition) is 3. The minimum absolute atomic E-state index is 0.0180. The number of nitro benzene ring substituents is 1. The van der Waals surface area contributed by atoms with Gasteiger partial charge in [-0.2, -0.15) is 4.39 Å². The second kappa shape index (κ2) is 5.35. The third-order valence-corrected chi connectivity index (χ3v) is 2.54. The molecule has 0 aliphatic heterocycles. The molecule has 0 aromatic heterocycles. The van der Waals surface area contributed by atoms with Gasteiger partial charge in [0.1, 0.15) is 11.4 Å². The van der Waals surface area contributed by atoms with Crippen molar-refractivity contribution in [2.75, 3.05) is 5.32 Å². The molecule has 0 spiro atoms. The Morgan fingerprint density at radius 3 is 2.05 bits per heavy atom. The van der Waals surface area contributed by atoms with E-state index < -0.39 is 51.1 Å². The van der Waals surface area contributed by atoms with Crippen molar-refractivity contribution in [1.82, 2.24) is 0 Å². The summed E-state index contributed by atoms with van der Waals surface area (Å²) in [5.74, 6) is -8.24. The molecule has 0 amide bonds. The number of hydrogen-bond donors (Lipinski definition) is 1. The zero-order valence-corrected chi connectivity index (χ0v) is 9.96. The van der Waals surface area contributed by atoms with Gasteiger partial charge in [-0.25, -0.2) is 17.6 Å². The van der Waals surface area contributed by atoms with Gasteiger partial charge in [-0.05, 0) is 12.1 Å². The van der Waals surface area contributed by atoms with Crippen LogP contribution in [0.3, 0.4) is 0 Å². The van der Waals surface area contributed by atoms with Crippen LogP contribution < -0.4 is 5.32 Å². The molecule has 0 saturated carbocycles. The third-order valence-electron chi connectivity index (χ3n) is 2.54. The summed E-state index contributed by atoms with van der Waals surface area (Å²) in [6.07, 6.45) is 0. The molecule has 0 fully saturated rings. The van der Waals surface area contributed by atoms with Gasteiger partial charge in [0, 0.05) is 6.07 Å². The number of nitrogens with one attached hydrogen (secondary N) is 1. The molecule has 0 aliphatic carbocycles. The van der Waals surface area contributed by atoms with E-state index in [4.69, 9.17) is 0 Å². The van der Waals surface area contributed by atoms with Crippen LogP contribution in [0.4, 0.5) is 39.0 Å². The molecule has 4 nitrogen and oxygen atoms in total. The molecule has 110 valence electrons. The van der Waals surface area contributed by atoms with E-state index in [0.29, 0.717) is 0 Å². The van der Waals surface area contributed by atoms with Gasteiger partial charge in [0.15, 0.2) is 23.3 Å². The van der Waals surface area contributed by atoms with Gasteiger partial charge in [0.2, 0.25) is 5.82 Å². The molecule has 2 aromatic rings. The normalized spacial score (nSPS) is 10.5. The van der Waals surface area contributed by atoms with Crippen LogP contribution in [0.1, 0.15) is 0 Å². The largest absolute Gasteiger partial charge is 0.345 e. The number of halogens is 5. The summed E-state index contributed by atoms with van der Waals surface area (Å²) < 4.78 is 66.3. The standard InChI is InChI=1S/C12H5F5N2O2/c13-5-2-1-3-8(12(5)19(20)21)18-11-9(16)6(14)4-7(15)10(11)17/h1-4,18H. The van der Waals surface area contributed by atoms with Gasteiger partial charge in [-0.15, -0.1) is 0 Å². The lowest BCUT2D eigenvalue weighted by Gasteiger charge is -2.10. The molecule has 0 aliphatic rings. The second-order valence-electron chi connectivity index (χ2n) is 3.86. The van der Waals surface area contributed by atoms with Crippen molar-refractivity contribution >= 4 is 17.1 Å². The van der Waals surface area contributed by atoms with Gasteiger partial charge in [0.25, 0.3) is 0 Å². The quantitative estimate of drug-likeness (QED) is 0.403. The Hall–Kier alpha value is -2.71. The molecule has 1 N–H and O–H groups in total. The predicted molar refractivity (Wildman–Crippen MR) is 62.6 cm³/mol. The van der Waals surface area contributed by atoms with E-state index in [1.807, 2.05) is 0 Å². The number of nitrogens with zero attached hydrogens (tertiary/aromatic N) is 1. The fourth-order valence-electron chi connectivity index (χ4n) is 1.62. The van der Waals surface area contributed by atoms with Crippen LogP contribution in [0.5, 0.6) is 0 Å². The third kappa shape index (κ3) is 2.62. The monoisotopic (exact) mass is 304 g/mol. The van der Waals surface area contributed by atoms with Gasteiger partial charge in [0.05, 0.1) is 4.92 Å². The molecule has 2 aromatic carbocycles. The summed E-state index contributed by atoms with van der Waals surface area (Å²) in [6, 6.07) is 2.69. The highest BCUT2D eigenvalue weighted by Gasteiger charge is 2.24. The van der Waals surface area contributed by atoms with Gasteiger partial charge < -0.3 is 5.32 Å². The van der Waals surface area contributed by atoms with Crippen molar-refractivity contribution in [1.29, 1.82) is 0 Å². The Balaban J connectivity index is 2.59. The van der Waals surface area contributed by atoms with E-state index in [-0.39, 0.29) is 6.07 Å². The van der Waals surface area contributed by atoms with Gasteiger partial charge in [-0.1, -0.05) is 6.07 Å². The van der Waals surface area contributed by atoms with Crippen molar-refractivity contribution in [3.8, 4) is 0 Å². The van der Waals surface area contributed by atoms with Crippen LogP contribution in [0.2, 0.25) is 0 Å². The summed E-state index contributed by atoms with van der Waals surface area (Å²) in [5, 5.41) is 12.5. The molecule has 0 unspecified atom stereocenters. The number of para-hydroxylation sites is 1. The van der Waals surface area contributed by atoms with E-state index >= 15 is 0 Å². The maximum absolute atomic E-state index is 13.5. The molecular formula is C12H5F5N2O2. The average molecular weight is 304 g/mol. The van der Waals surface area contributed by atoms with Crippen LogP contribution >= 0.6 is 0 Å². The Labute approximate surface area is 114 Å². The van der Waals surface area contributed by atoms with Gasteiger partial charge in [-0.3, -0.25) is 10.1 Å². The van der Waals surface area contributed by atoms with Crippen LogP contribution in [0.25, 0.3) is 0 Å². The fourth-order valence-corrected chi connectivity index (χ4v) is 1.62. The highest BCUT2D eigenvalue weighted by molar-refractivity contribution is 5.70. The molecule has 21 heavy (non-hydrogen) atoms. The molecule has 0 atom stereocenters. The lowest BCUT2D eigenvalue weighted by Crippen LogP contribution is -2.05. The van der Waals surface area contributed by atoms with Crippen LogP contribution in [0, 0.1) is 39.2 Å². The minimum Gasteiger partial charge on any atom is -0.345 e. The maximum atomic E-state index is 13.5. The molecular weight excluding hydrogens is 299 g/mol. The van der Waals surface area contributed by atoms with E-state index in [0.717, 1.165) is 18.2 Å². The van der Waals surface area contributed by atoms with Crippen molar-refractivity contribution in [3.63, 3.8) is 0 Å². The number of nitro groups is 1. The second-order valence-corrected chi connectivity index (χ2v) is 3.86. The molecule has 0 radical (unpaired) electrons. The number of benzene rings is 2. The lowest BCUT2D eigenvalue weighted by molar-refractivity contribution is -0.386. The first kappa shape index (κ1) is 14.7. The van der Waals surface area contributed by atoms with Gasteiger partial charge >= 0.3 is 5.69 Å². The Bertz CT molecular complexity index is 710. The molecule has 2 rings (SSSR count). The first-order valence-corrected chi connectivity index (χ1v) is 5.36.